The van der Waals surface area contributed by atoms with Crippen LogP contribution in [0, 0.1) is 5.92 Å². The summed E-state index contributed by atoms with van der Waals surface area (Å²) in [5.41, 5.74) is 6.13. The molecule has 0 radical (unpaired) electrons. The molecule has 0 aromatic heterocycles. The van der Waals surface area contributed by atoms with Crippen molar-refractivity contribution >= 4 is 12.1 Å². The molecule has 1 aromatic carbocycles. The zero-order valence-corrected chi connectivity index (χ0v) is 13.4. The van der Waals surface area contributed by atoms with Crippen molar-refractivity contribution in [3.8, 4) is 0 Å². The van der Waals surface area contributed by atoms with E-state index in [9.17, 15) is 9.59 Å². The second-order valence-corrected chi connectivity index (χ2v) is 6.05. The predicted molar refractivity (Wildman–Crippen MR) is 85.5 cm³/mol. The Kier molecular flexibility index (Phi) is 5.98. The van der Waals surface area contributed by atoms with Crippen molar-refractivity contribution in [2.45, 2.75) is 37.8 Å². The van der Waals surface area contributed by atoms with Crippen molar-refractivity contribution in [3.05, 3.63) is 35.9 Å². The summed E-state index contributed by atoms with van der Waals surface area (Å²) < 4.78 is 9.95. The monoisotopic (exact) mass is 320 g/mol. The summed E-state index contributed by atoms with van der Waals surface area (Å²) in [6.45, 7) is 0.684. The Morgan fingerprint density at radius 3 is 2.78 bits per heavy atom. The zero-order chi connectivity index (χ0) is 16.7. The maximum atomic E-state index is 11.8. The fraction of sp³-hybridized carbons (Fsp3) is 0.529. The van der Waals surface area contributed by atoms with Crippen molar-refractivity contribution in [2.75, 3.05) is 13.7 Å². The van der Waals surface area contributed by atoms with E-state index in [1.807, 2.05) is 30.3 Å². The molecule has 1 saturated carbocycles. The molecule has 0 heterocycles. The van der Waals surface area contributed by atoms with Crippen LogP contribution in [0.5, 0.6) is 0 Å². The number of esters is 1. The Balaban J connectivity index is 1.74. The number of nitrogens with two attached hydrogens (primary N) is 1. The number of amides is 1. The summed E-state index contributed by atoms with van der Waals surface area (Å²) in [5, 5.41) is 2.75. The minimum atomic E-state index is -0.937. The molecule has 126 valence electrons. The zero-order valence-electron chi connectivity index (χ0n) is 13.4. The predicted octanol–water partition coefficient (Wildman–Crippen LogP) is 1.97. The summed E-state index contributed by atoms with van der Waals surface area (Å²) in [6.07, 6.45) is 2.44. The van der Waals surface area contributed by atoms with Crippen LogP contribution in [0.3, 0.4) is 0 Å². The largest absolute Gasteiger partial charge is 0.468 e. The van der Waals surface area contributed by atoms with Gasteiger partial charge in [-0.3, -0.25) is 4.79 Å². The molecule has 1 fully saturated rings. The Morgan fingerprint density at radius 2 is 2.09 bits per heavy atom. The lowest BCUT2D eigenvalue weighted by Gasteiger charge is -2.35. The van der Waals surface area contributed by atoms with Crippen LogP contribution in [-0.4, -0.2) is 31.3 Å². The molecule has 3 N–H and O–H groups in total. The van der Waals surface area contributed by atoms with Crippen LogP contribution in [0.15, 0.2) is 30.3 Å². The number of nitrogens with one attached hydrogen (secondary N) is 1. The first-order valence-corrected chi connectivity index (χ1v) is 7.85. The number of carbonyl (C=O) groups is 2. The van der Waals surface area contributed by atoms with Crippen LogP contribution in [-0.2, 0) is 20.9 Å². The van der Waals surface area contributed by atoms with Crippen LogP contribution >= 0.6 is 0 Å². The van der Waals surface area contributed by atoms with Crippen molar-refractivity contribution in [1.82, 2.24) is 5.32 Å². The molecule has 2 unspecified atom stereocenters. The third-order valence-corrected chi connectivity index (χ3v) is 4.23. The van der Waals surface area contributed by atoms with Gasteiger partial charge in [0.2, 0.25) is 0 Å². The lowest BCUT2D eigenvalue weighted by molar-refractivity contribution is -0.149. The standard InChI is InChI=1S/C17H24N2O4/c1-22-15(20)17(18)9-5-8-14(10-17)11-19-16(21)23-12-13-6-3-2-4-7-13/h2-4,6-7,14H,5,8-12,18H2,1H3,(H,19,21). The lowest BCUT2D eigenvalue weighted by Crippen LogP contribution is -2.53. The van der Waals surface area contributed by atoms with Gasteiger partial charge in [-0.25, -0.2) is 4.79 Å². The first kappa shape index (κ1) is 17.3. The van der Waals surface area contributed by atoms with Crippen LogP contribution in [0.1, 0.15) is 31.2 Å². The van der Waals surface area contributed by atoms with E-state index in [0.29, 0.717) is 19.4 Å². The minimum Gasteiger partial charge on any atom is -0.468 e. The number of rotatable bonds is 5. The Hall–Kier alpha value is -2.08. The van der Waals surface area contributed by atoms with Crippen LogP contribution in [0.2, 0.25) is 0 Å². The van der Waals surface area contributed by atoms with E-state index in [1.54, 1.807) is 0 Å². The van der Waals surface area contributed by atoms with Crippen molar-refractivity contribution < 1.29 is 19.1 Å². The average Bonchev–Trinajstić information content (AvgIpc) is 2.58. The number of carbonyl (C=O) groups excluding carboxylic acids is 2. The molecule has 6 nitrogen and oxygen atoms in total. The van der Waals surface area contributed by atoms with Gasteiger partial charge in [0.05, 0.1) is 7.11 Å². The van der Waals surface area contributed by atoms with E-state index >= 15 is 0 Å². The molecule has 23 heavy (non-hydrogen) atoms. The molecule has 0 spiro atoms. The van der Waals surface area contributed by atoms with Gasteiger partial charge in [-0.15, -0.1) is 0 Å². The van der Waals surface area contributed by atoms with Gasteiger partial charge in [-0.1, -0.05) is 36.8 Å². The van der Waals surface area contributed by atoms with Gasteiger partial charge in [-0.05, 0) is 30.7 Å². The molecule has 2 rings (SSSR count). The number of ether oxygens (including phenoxy) is 2. The van der Waals surface area contributed by atoms with Gasteiger partial charge in [0.25, 0.3) is 0 Å². The van der Waals surface area contributed by atoms with Crippen molar-refractivity contribution in [3.63, 3.8) is 0 Å². The molecule has 0 bridgehead atoms. The minimum absolute atomic E-state index is 0.150. The summed E-state index contributed by atoms with van der Waals surface area (Å²) in [6, 6.07) is 9.49. The highest BCUT2D eigenvalue weighted by Crippen LogP contribution is 2.31. The SMILES string of the molecule is COC(=O)C1(N)CCCC(CNC(=O)OCc2ccccc2)C1. The van der Waals surface area contributed by atoms with E-state index < -0.39 is 11.6 Å². The number of hydrogen-bond acceptors (Lipinski definition) is 5. The molecule has 1 amide bonds. The van der Waals surface area contributed by atoms with Crippen molar-refractivity contribution in [1.29, 1.82) is 0 Å². The van der Waals surface area contributed by atoms with Gasteiger partial charge in [-0.2, -0.15) is 0 Å². The molecule has 1 aliphatic carbocycles. The van der Waals surface area contributed by atoms with E-state index in [4.69, 9.17) is 15.2 Å². The normalized spacial score (nSPS) is 23.8. The highest BCUT2D eigenvalue weighted by molar-refractivity contribution is 5.80. The molecular formula is C17H24N2O4. The number of methoxy groups -OCH3 is 1. The molecule has 0 aliphatic heterocycles. The molecule has 1 aromatic rings. The van der Waals surface area contributed by atoms with Gasteiger partial charge in [0, 0.05) is 6.54 Å². The molecule has 1 aliphatic rings. The highest BCUT2D eigenvalue weighted by Gasteiger charge is 2.40. The quantitative estimate of drug-likeness (QED) is 0.810. The first-order valence-electron chi connectivity index (χ1n) is 7.85. The van der Waals surface area contributed by atoms with Crippen molar-refractivity contribution in [2.24, 2.45) is 11.7 Å². The van der Waals surface area contributed by atoms with E-state index in [2.05, 4.69) is 5.32 Å². The number of benzene rings is 1. The Morgan fingerprint density at radius 1 is 1.35 bits per heavy atom. The summed E-state index contributed by atoms with van der Waals surface area (Å²) >= 11 is 0. The molecule has 0 saturated heterocycles. The molecular weight excluding hydrogens is 296 g/mol. The second-order valence-electron chi connectivity index (χ2n) is 6.05. The Bertz CT molecular complexity index is 535. The fourth-order valence-corrected chi connectivity index (χ4v) is 2.99. The third-order valence-electron chi connectivity index (χ3n) is 4.23. The highest BCUT2D eigenvalue weighted by atomic mass is 16.5. The fourth-order valence-electron chi connectivity index (χ4n) is 2.99. The van der Waals surface area contributed by atoms with Gasteiger partial charge < -0.3 is 20.5 Å². The molecule has 6 heteroatoms. The van der Waals surface area contributed by atoms with Crippen LogP contribution in [0.25, 0.3) is 0 Å². The van der Waals surface area contributed by atoms with E-state index in [-0.39, 0.29) is 18.5 Å². The topological polar surface area (TPSA) is 90.6 Å². The number of alkyl carbamates (subject to hydrolysis) is 1. The smallest absolute Gasteiger partial charge is 0.407 e. The second kappa shape index (κ2) is 7.97. The van der Waals surface area contributed by atoms with Gasteiger partial charge in [0.15, 0.2) is 0 Å². The number of hydrogen-bond donors (Lipinski definition) is 2. The third kappa shape index (κ3) is 4.96. The maximum absolute atomic E-state index is 11.8. The van der Waals surface area contributed by atoms with Gasteiger partial charge >= 0.3 is 12.1 Å². The van der Waals surface area contributed by atoms with E-state index in [0.717, 1.165) is 18.4 Å². The van der Waals surface area contributed by atoms with E-state index in [1.165, 1.54) is 7.11 Å². The summed E-state index contributed by atoms with van der Waals surface area (Å²) in [7, 11) is 1.35. The summed E-state index contributed by atoms with van der Waals surface area (Å²) in [5.74, 6) is -0.231. The Labute approximate surface area is 136 Å². The van der Waals surface area contributed by atoms with Gasteiger partial charge in [0.1, 0.15) is 12.1 Å². The maximum Gasteiger partial charge on any atom is 0.407 e. The summed E-state index contributed by atoms with van der Waals surface area (Å²) in [4.78, 5) is 23.5. The van der Waals surface area contributed by atoms with Crippen LogP contribution < -0.4 is 11.1 Å². The first-order chi connectivity index (χ1) is 11.0. The molecule has 2 atom stereocenters. The average molecular weight is 320 g/mol. The lowest BCUT2D eigenvalue weighted by atomic mass is 9.76. The van der Waals surface area contributed by atoms with Crippen LogP contribution in [0.4, 0.5) is 4.79 Å².